The van der Waals surface area contributed by atoms with Crippen molar-refractivity contribution in [2.24, 2.45) is 0 Å². The molecular weight excluding hydrogens is 312 g/mol. The maximum absolute atomic E-state index is 12.8. The highest BCUT2D eigenvalue weighted by Crippen LogP contribution is 2.21. The largest absolute Gasteiger partial charge is 0.339 e. The fourth-order valence-corrected chi connectivity index (χ4v) is 4.22. The fourth-order valence-electron chi connectivity index (χ4n) is 2.66. The molecule has 5 nitrogen and oxygen atoms in total. The van der Waals surface area contributed by atoms with Gasteiger partial charge in [0.1, 0.15) is 0 Å². The number of carbonyl (C=O) groups excluding carboxylic acids is 1. The lowest BCUT2D eigenvalue weighted by Crippen LogP contribution is -2.34. The molecule has 0 radical (unpaired) electrons. The molecule has 1 amide bonds. The van der Waals surface area contributed by atoms with E-state index < -0.39 is 10.0 Å². The highest BCUT2D eigenvalue weighted by Gasteiger charge is 2.26. The van der Waals surface area contributed by atoms with E-state index in [4.69, 9.17) is 0 Å². The maximum atomic E-state index is 12.8. The number of benzene rings is 1. The number of nitrogens with zero attached hydrogens (tertiary/aromatic N) is 2. The van der Waals surface area contributed by atoms with E-state index in [0.717, 1.165) is 25.7 Å². The molecule has 23 heavy (non-hydrogen) atoms. The van der Waals surface area contributed by atoms with Gasteiger partial charge < -0.3 is 4.90 Å². The SMILES string of the molecule is CC(C)N(C)C(=O)c1cccc(S(=O)(=O)N2CCCCCC2)c1. The molecular formula is C17H26N2O3S. The molecule has 2 rings (SSSR count). The van der Waals surface area contributed by atoms with Gasteiger partial charge in [-0.1, -0.05) is 18.9 Å². The van der Waals surface area contributed by atoms with Crippen molar-refractivity contribution in [3.05, 3.63) is 29.8 Å². The third-order valence-electron chi connectivity index (χ3n) is 4.38. The predicted octanol–water partition coefficient (Wildman–Crippen LogP) is 2.73. The third-order valence-corrected chi connectivity index (χ3v) is 6.27. The third kappa shape index (κ3) is 4.12. The van der Waals surface area contributed by atoms with Crippen LogP contribution < -0.4 is 0 Å². The Kier molecular flexibility index (Phi) is 5.81. The second kappa shape index (κ2) is 7.45. The smallest absolute Gasteiger partial charge is 0.253 e. The molecule has 0 aromatic heterocycles. The van der Waals surface area contributed by atoms with Crippen LogP contribution in [-0.2, 0) is 10.0 Å². The minimum atomic E-state index is -3.52. The van der Waals surface area contributed by atoms with Crippen LogP contribution in [-0.4, -0.2) is 49.7 Å². The highest BCUT2D eigenvalue weighted by atomic mass is 32.2. The Bertz CT molecular complexity index is 648. The van der Waals surface area contributed by atoms with Gasteiger partial charge in [-0.05, 0) is 44.9 Å². The minimum absolute atomic E-state index is 0.0633. The number of carbonyl (C=O) groups is 1. The standard InChI is InChI=1S/C17H26N2O3S/c1-14(2)18(3)17(20)15-9-8-10-16(13-15)23(21,22)19-11-6-4-5-7-12-19/h8-10,13-14H,4-7,11-12H2,1-3H3. The van der Waals surface area contributed by atoms with Gasteiger partial charge >= 0.3 is 0 Å². The Labute approximate surface area is 139 Å². The zero-order chi connectivity index (χ0) is 17.0. The molecule has 1 fully saturated rings. The van der Waals surface area contributed by atoms with Crippen molar-refractivity contribution in [1.29, 1.82) is 0 Å². The summed E-state index contributed by atoms with van der Waals surface area (Å²) in [5.74, 6) is -0.159. The zero-order valence-electron chi connectivity index (χ0n) is 14.2. The Morgan fingerprint density at radius 1 is 1.13 bits per heavy atom. The van der Waals surface area contributed by atoms with Gasteiger partial charge in [0.25, 0.3) is 5.91 Å². The first-order chi connectivity index (χ1) is 10.8. The molecule has 1 aromatic rings. The summed E-state index contributed by atoms with van der Waals surface area (Å²) in [6.45, 7) is 4.98. The summed E-state index contributed by atoms with van der Waals surface area (Å²) < 4.78 is 27.2. The predicted molar refractivity (Wildman–Crippen MR) is 90.9 cm³/mol. The van der Waals surface area contributed by atoms with E-state index in [1.54, 1.807) is 34.5 Å². The number of hydrogen-bond acceptors (Lipinski definition) is 3. The average molecular weight is 338 g/mol. The summed E-state index contributed by atoms with van der Waals surface area (Å²) in [7, 11) is -1.80. The second-order valence-electron chi connectivity index (χ2n) is 6.36. The number of rotatable bonds is 4. The molecule has 128 valence electrons. The molecule has 1 heterocycles. The number of amides is 1. The van der Waals surface area contributed by atoms with Crippen LogP contribution in [0.2, 0.25) is 0 Å². The van der Waals surface area contributed by atoms with Crippen LogP contribution in [0.3, 0.4) is 0 Å². The van der Waals surface area contributed by atoms with E-state index >= 15 is 0 Å². The molecule has 1 aromatic carbocycles. The average Bonchev–Trinajstić information content (AvgIpc) is 2.83. The number of sulfonamides is 1. The van der Waals surface area contributed by atoms with Crippen molar-refractivity contribution in [1.82, 2.24) is 9.21 Å². The topological polar surface area (TPSA) is 57.7 Å². The van der Waals surface area contributed by atoms with Crippen molar-refractivity contribution in [2.75, 3.05) is 20.1 Å². The number of hydrogen-bond donors (Lipinski definition) is 0. The summed E-state index contributed by atoms with van der Waals surface area (Å²) >= 11 is 0. The quantitative estimate of drug-likeness (QED) is 0.848. The van der Waals surface area contributed by atoms with Crippen LogP contribution in [0.4, 0.5) is 0 Å². The van der Waals surface area contributed by atoms with Gasteiger partial charge in [0.15, 0.2) is 0 Å². The van der Waals surface area contributed by atoms with Crippen LogP contribution in [0.15, 0.2) is 29.2 Å². The summed E-state index contributed by atoms with van der Waals surface area (Å²) in [6, 6.07) is 6.45. The molecule has 0 saturated carbocycles. The van der Waals surface area contributed by atoms with Gasteiger partial charge in [-0.15, -0.1) is 0 Å². The fraction of sp³-hybridized carbons (Fsp3) is 0.588. The summed E-state index contributed by atoms with van der Waals surface area (Å²) in [6.07, 6.45) is 3.94. The molecule has 1 saturated heterocycles. The van der Waals surface area contributed by atoms with Gasteiger partial charge in [0.05, 0.1) is 4.90 Å². The minimum Gasteiger partial charge on any atom is -0.339 e. The van der Waals surface area contributed by atoms with E-state index in [9.17, 15) is 13.2 Å². The lowest BCUT2D eigenvalue weighted by atomic mass is 10.2. The molecule has 0 spiro atoms. The van der Waals surface area contributed by atoms with E-state index in [0.29, 0.717) is 18.7 Å². The van der Waals surface area contributed by atoms with Crippen molar-refractivity contribution in [2.45, 2.75) is 50.5 Å². The Morgan fingerprint density at radius 3 is 2.30 bits per heavy atom. The van der Waals surface area contributed by atoms with E-state index in [-0.39, 0.29) is 16.8 Å². The summed E-state index contributed by atoms with van der Waals surface area (Å²) in [5.41, 5.74) is 0.414. The van der Waals surface area contributed by atoms with Crippen LogP contribution in [0, 0.1) is 0 Å². The lowest BCUT2D eigenvalue weighted by Gasteiger charge is -2.23. The first-order valence-electron chi connectivity index (χ1n) is 8.21. The van der Waals surface area contributed by atoms with Crippen molar-refractivity contribution in [3.63, 3.8) is 0 Å². The van der Waals surface area contributed by atoms with Gasteiger partial charge in [-0.25, -0.2) is 8.42 Å². The van der Waals surface area contributed by atoms with Gasteiger partial charge in [-0.2, -0.15) is 4.31 Å². The van der Waals surface area contributed by atoms with E-state index in [2.05, 4.69) is 0 Å². The maximum Gasteiger partial charge on any atom is 0.253 e. The molecule has 1 aliphatic rings. The Balaban J connectivity index is 2.29. The molecule has 0 aliphatic carbocycles. The highest BCUT2D eigenvalue weighted by molar-refractivity contribution is 7.89. The van der Waals surface area contributed by atoms with E-state index in [1.807, 2.05) is 13.8 Å². The van der Waals surface area contributed by atoms with Gasteiger partial charge in [-0.3, -0.25) is 4.79 Å². The van der Waals surface area contributed by atoms with Gasteiger partial charge in [0, 0.05) is 31.7 Å². The molecule has 0 N–H and O–H groups in total. The van der Waals surface area contributed by atoms with Crippen LogP contribution in [0.1, 0.15) is 49.9 Å². The Hall–Kier alpha value is -1.40. The molecule has 0 atom stereocenters. The normalized spacial score (nSPS) is 17.0. The molecule has 1 aliphatic heterocycles. The van der Waals surface area contributed by atoms with Crippen molar-refractivity contribution in [3.8, 4) is 0 Å². The lowest BCUT2D eigenvalue weighted by molar-refractivity contribution is 0.0754. The monoisotopic (exact) mass is 338 g/mol. The van der Waals surface area contributed by atoms with Gasteiger partial charge in [0.2, 0.25) is 10.0 Å². The van der Waals surface area contributed by atoms with Crippen LogP contribution in [0.5, 0.6) is 0 Å². The molecule has 0 unspecified atom stereocenters. The second-order valence-corrected chi connectivity index (χ2v) is 8.29. The molecule has 0 bridgehead atoms. The summed E-state index contributed by atoms with van der Waals surface area (Å²) in [5, 5.41) is 0. The van der Waals surface area contributed by atoms with E-state index in [1.165, 1.54) is 6.07 Å². The van der Waals surface area contributed by atoms with Crippen molar-refractivity contribution >= 4 is 15.9 Å². The Morgan fingerprint density at radius 2 is 1.74 bits per heavy atom. The zero-order valence-corrected chi connectivity index (χ0v) is 15.0. The van der Waals surface area contributed by atoms with Crippen molar-refractivity contribution < 1.29 is 13.2 Å². The first kappa shape index (κ1) is 17.9. The first-order valence-corrected chi connectivity index (χ1v) is 9.65. The molecule has 6 heteroatoms. The summed E-state index contributed by atoms with van der Waals surface area (Å²) in [4.78, 5) is 14.2. The van der Waals surface area contributed by atoms with Crippen LogP contribution in [0.25, 0.3) is 0 Å². The van der Waals surface area contributed by atoms with Crippen LogP contribution >= 0.6 is 0 Å².